The second-order valence-corrected chi connectivity index (χ2v) is 2.02. The molecule has 1 heteroatoms. The molecule has 0 atom stereocenters. The van der Waals surface area contributed by atoms with Crippen molar-refractivity contribution in [2.24, 2.45) is 0 Å². The lowest BCUT2D eigenvalue weighted by Crippen LogP contribution is -1.67. The number of hydrogen-bond acceptors (Lipinski definition) is 0. The number of allylic oxidation sites excluding steroid dienone is 5. The van der Waals surface area contributed by atoms with Gasteiger partial charge < -0.3 is 0 Å². The van der Waals surface area contributed by atoms with Crippen molar-refractivity contribution >= 4 is 0 Å². The average Bonchev–Trinajstić information content (AvgIpc) is 1.98. The molecule has 0 rings (SSSR count). The van der Waals surface area contributed by atoms with E-state index in [1.165, 1.54) is 0 Å². The summed E-state index contributed by atoms with van der Waals surface area (Å²) in [5, 5.41) is 0. The van der Waals surface area contributed by atoms with Crippen LogP contribution in [-0.2, 0) is 0 Å². The summed E-state index contributed by atoms with van der Waals surface area (Å²) in [6.45, 7) is 5.25. The average molecular weight is 140 g/mol. The Hall–Kier alpha value is -0.850. The maximum atomic E-state index is 11.5. The largest absolute Gasteiger partial charge is 0.251 e. The highest BCUT2D eigenvalue weighted by atomic mass is 19.1. The van der Waals surface area contributed by atoms with Crippen molar-refractivity contribution in [3.8, 4) is 0 Å². The molecule has 0 radical (unpaired) electrons. The van der Waals surface area contributed by atoms with Crippen LogP contribution in [-0.4, -0.2) is 6.67 Å². The van der Waals surface area contributed by atoms with Crippen LogP contribution in [0.1, 0.15) is 13.3 Å². The molecule has 0 aliphatic carbocycles. The summed E-state index contributed by atoms with van der Waals surface area (Å²) in [6.07, 6.45) is 7.81. The molecule has 0 nitrogen and oxygen atoms in total. The van der Waals surface area contributed by atoms with E-state index >= 15 is 0 Å². The van der Waals surface area contributed by atoms with E-state index in [0.29, 0.717) is 6.42 Å². The van der Waals surface area contributed by atoms with Gasteiger partial charge in [-0.05, 0) is 13.3 Å². The van der Waals surface area contributed by atoms with E-state index in [9.17, 15) is 4.39 Å². The van der Waals surface area contributed by atoms with E-state index in [0.717, 1.165) is 5.57 Å². The minimum atomic E-state index is -0.280. The lowest BCUT2D eigenvalue weighted by molar-refractivity contribution is 0.501. The smallest absolute Gasteiger partial charge is 0.0928 e. The zero-order valence-corrected chi connectivity index (χ0v) is 6.31. The van der Waals surface area contributed by atoms with Crippen molar-refractivity contribution < 1.29 is 4.39 Å². The van der Waals surface area contributed by atoms with Gasteiger partial charge >= 0.3 is 0 Å². The quantitative estimate of drug-likeness (QED) is 0.526. The molecule has 0 unspecified atom stereocenters. The Morgan fingerprint density at radius 2 is 2.30 bits per heavy atom. The molecular weight excluding hydrogens is 127 g/mol. The van der Waals surface area contributed by atoms with Crippen LogP contribution in [0.15, 0.2) is 36.5 Å². The van der Waals surface area contributed by atoms with Crippen molar-refractivity contribution in [1.29, 1.82) is 0 Å². The van der Waals surface area contributed by atoms with Gasteiger partial charge in [-0.25, -0.2) is 0 Å². The fraction of sp³-hybridized carbons (Fsp3) is 0.333. The second kappa shape index (κ2) is 6.27. The second-order valence-electron chi connectivity index (χ2n) is 2.02. The van der Waals surface area contributed by atoms with E-state index in [2.05, 4.69) is 6.58 Å². The molecule has 56 valence electrons. The third-order valence-electron chi connectivity index (χ3n) is 1.09. The first kappa shape index (κ1) is 9.15. The molecule has 0 aromatic rings. The molecule has 0 aromatic carbocycles. The predicted octanol–water partition coefficient (Wildman–Crippen LogP) is 3.03. The minimum Gasteiger partial charge on any atom is -0.251 e. The molecule has 0 N–H and O–H groups in total. The Bertz CT molecular complexity index is 143. The van der Waals surface area contributed by atoms with Crippen molar-refractivity contribution in [3.05, 3.63) is 36.5 Å². The van der Waals surface area contributed by atoms with Gasteiger partial charge in [-0.15, -0.1) is 0 Å². The zero-order valence-electron chi connectivity index (χ0n) is 6.31. The van der Waals surface area contributed by atoms with Crippen molar-refractivity contribution in [2.75, 3.05) is 6.67 Å². The molecule has 0 fully saturated rings. The minimum absolute atomic E-state index is 0.280. The van der Waals surface area contributed by atoms with Crippen molar-refractivity contribution in [1.82, 2.24) is 0 Å². The molecule has 0 amide bonds. The van der Waals surface area contributed by atoms with Gasteiger partial charge in [0.1, 0.15) is 0 Å². The van der Waals surface area contributed by atoms with E-state index in [1.807, 2.05) is 19.1 Å². The maximum absolute atomic E-state index is 11.5. The standard InChI is InChI=1S/C9H13F/c1-3-9(2)7-5-4-6-8-10/h3-5,7H,1,6,8H2,2H3/b5-4-,9-7+. The molecule has 0 saturated heterocycles. The number of rotatable bonds is 4. The van der Waals surface area contributed by atoms with Gasteiger partial charge in [-0.3, -0.25) is 4.39 Å². The summed E-state index contributed by atoms with van der Waals surface area (Å²) in [7, 11) is 0. The lowest BCUT2D eigenvalue weighted by atomic mass is 10.2. The molecule has 0 heterocycles. The third kappa shape index (κ3) is 5.29. The van der Waals surface area contributed by atoms with Crippen LogP contribution in [0.25, 0.3) is 0 Å². The first-order chi connectivity index (χ1) is 4.81. The van der Waals surface area contributed by atoms with E-state index in [4.69, 9.17) is 0 Å². The van der Waals surface area contributed by atoms with Crippen molar-refractivity contribution in [2.45, 2.75) is 13.3 Å². The topological polar surface area (TPSA) is 0 Å². The van der Waals surface area contributed by atoms with Crippen molar-refractivity contribution in [3.63, 3.8) is 0 Å². The maximum Gasteiger partial charge on any atom is 0.0928 e. The predicted molar refractivity (Wildman–Crippen MR) is 43.7 cm³/mol. The van der Waals surface area contributed by atoms with Gasteiger partial charge in [-0.1, -0.05) is 36.5 Å². The Morgan fingerprint density at radius 3 is 2.80 bits per heavy atom. The summed E-state index contributed by atoms with van der Waals surface area (Å²) in [4.78, 5) is 0. The highest BCUT2D eigenvalue weighted by molar-refractivity contribution is 5.19. The molecule has 0 bridgehead atoms. The monoisotopic (exact) mass is 140 g/mol. The summed E-state index contributed by atoms with van der Waals surface area (Å²) >= 11 is 0. The van der Waals surface area contributed by atoms with Gasteiger partial charge in [0.2, 0.25) is 0 Å². The summed E-state index contributed by atoms with van der Waals surface area (Å²) in [6, 6.07) is 0. The van der Waals surface area contributed by atoms with Crippen LogP contribution < -0.4 is 0 Å². The summed E-state index contributed by atoms with van der Waals surface area (Å²) in [5.41, 5.74) is 1.09. The van der Waals surface area contributed by atoms with Crippen LogP contribution in [0.3, 0.4) is 0 Å². The molecule has 0 saturated carbocycles. The first-order valence-electron chi connectivity index (χ1n) is 3.33. The van der Waals surface area contributed by atoms with Crippen LogP contribution >= 0.6 is 0 Å². The molecule has 0 aliphatic rings. The third-order valence-corrected chi connectivity index (χ3v) is 1.09. The molecule has 0 aliphatic heterocycles. The number of alkyl halides is 1. The Morgan fingerprint density at radius 1 is 1.60 bits per heavy atom. The van der Waals surface area contributed by atoms with Crippen LogP contribution in [0.2, 0.25) is 0 Å². The van der Waals surface area contributed by atoms with E-state index in [-0.39, 0.29) is 6.67 Å². The van der Waals surface area contributed by atoms with Gasteiger partial charge in [0, 0.05) is 0 Å². The van der Waals surface area contributed by atoms with E-state index in [1.54, 1.807) is 12.2 Å². The Labute approximate surface area is 61.8 Å². The summed E-state index contributed by atoms with van der Waals surface area (Å²) in [5.74, 6) is 0. The molecule has 10 heavy (non-hydrogen) atoms. The molecule has 0 aromatic heterocycles. The summed E-state index contributed by atoms with van der Waals surface area (Å²) < 4.78 is 11.5. The van der Waals surface area contributed by atoms with Crippen LogP contribution in [0.4, 0.5) is 4.39 Å². The molecule has 0 spiro atoms. The normalized spacial score (nSPS) is 12.4. The van der Waals surface area contributed by atoms with Crippen LogP contribution in [0.5, 0.6) is 0 Å². The van der Waals surface area contributed by atoms with Gasteiger partial charge in [0.15, 0.2) is 0 Å². The van der Waals surface area contributed by atoms with Gasteiger partial charge in [0.25, 0.3) is 0 Å². The van der Waals surface area contributed by atoms with E-state index < -0.39 is 0 Å². The first-order valence-corrected chi connectivity index (χ1v) is 3.33. The fourth-order valence-corrected chi connectivity index (χ4v) is 0.447. The van der Waals surface area contributed by atoms with Gasteiger partial charge in [0.05, 0.1) is 6.67 Å². The number of halogens is 1. The number of hydrogen-bond donors (Lipinski definition) is 0. The van der Waals surface area contributed by atoms with Gasteiger partial charge in [-0.2, -0.15) is 0 Å². The van der Waals surface area contributed by atoms with Crippen LogP contribution in [0, 0.1) is 0 Å². The molecular formula is C9H13F. The lowest BCUT2D eigenvalue weighted by Gasteiger charge is -1.83. The SMILES string of the molecule is C=C/C(C)=C/C=C\CCF. The Balaban J connectivity index is 3.59. The highest BCUT2D eigenvalue weighted by Crippen LogP contribution is 1.93. The zero-order chi connectivity index (χ0) is 7.82. The highest BCUT2D eigenvalue weighted by Gasteiger charge is 1.75. The fourth-order valence-electron chi connectivity index (χ4n) is 0.447. The Kier molecular flexibility index (Phi) is 5.74.